The van der Waals surface area contributed by atoms with Crippen LogP contribution in [0, 0.1) is 0 Å². The van der Waals surface area contributed by atoms with Gasteiger partial charge in [0.1, 0.15) is 17.2 Å². The molecule has 0 bridgehead atoms. The highest BCUT2D eigenvalue weighted by atomic mass is 16.5. The van der Waals surface area contributed by atoms with E-state index in [1.165, 1.54) is 18.8 Å². The number of carbonyl (C=O) groups excluding carboxylic acids is 1. The molecular formula is C28H26N2O7. The predicted octanol–water partition coefficient (Wildman–Crippen LogP) is 3.78. The second-order valence-electron chi connectivity index (χ2n) is 9.09. The number of methoxy groups -OCH3 is 2. The van der Waals surface area contributed by atoms with E-state index in [1.807, 2.05) is 23.7 Å². The minimum Gasteiger partial charge on any atom is -0.506 e. The third kappa shape index (κ3) is 3.83. The van der Waals surface area contributed by atoms with Crippen LogP contribution in [0.2, 0.25) is 0 Å². The van der Waals surface area contributed by atoms with Crippen molar-refractivity contribution in [2.45, 2.75) is 25.8 Å². The van der Waals surface area contributed by atoms with Crippen molar-refractivity contribution in [3.8, 4) is 28.5 Å². The number of aldehydes is 1. The molecule has 0 aliphatic heterocycles. The molecule has 1 aliphatic rings. The van der Waals surface area contributed by atoms with Crippen LogP contribution in [0.5, 0.6) is 17.2 Å². The molecule has 0 atom stereocenters. The molecule has 4 aromatic rings. The first-order valence-corrected chi connectivity index (χ1v) is 11.8. The SMILES string of the molecule is COc1ccc(Cn2c3c(c(O)c(C(=O)O)c2=O)CCCc2cc4c(cc2-3)cc(C=O)n4C)c(OC)c1. The Hall–Kier alpha value is -4.53. The van der Waals surface area contributed by atoms with E-state index in [-0.39, 0.29) is 6.54 Å². The Balaban J connectivity index is 1.84. The van der Waals surface area contributed by atoms with Crippen molar-refractivity contribution in [1.82, 2.24) is 9.13 Å². The molecule has 2 aromatic heterocycles. The number of rotatable bonds is 6. The second kappa shape index (κ2) is 9.16. The number of fused-ring (bicyclic) bond motifs is 4. The molecule has 2 aromatic carbocycles. The monoisotopic (exact) mass is 502 g/mol. The number of aryl methyl sites for hydroxylation is 2. The van der Waals surface area contributed by atoms with Gasteiger partial charge in [-0.1, -0.05) is 0 Å². The summed E-state index contributed by atoms with van der Waals surface area (Å²) in [5, 5.41) is 21.6. The van der Waals surface area contributed by atoms with Crippen molar-refractivity contribution >= 4 is 23.2 Å². The van der Waals surface area contributed by atoms with Gasteiger partial charge >= 0.3 is 5.97 Å². The summed E-state index contributed by atoms with van der Waals surface area (Å²) in [7, 11) is 4.86. The van der Waals surface area contributed by atoms with Crippen LogP contribution in [0.3, 0.4) is 0 Å². The van der Waals surface area contributed by atoms with E-state index >= 15 is 0 Å². The zero-order chi connectivity index (χ0) is 26.4. The molecular weight excluding hydrogens is 476 g/mol. The van der Waals surface area contributed by atoms with Gasteiger partial charge in [0.15, 0.2) is 11.8 Å². The molecule has 0 radical (unpaired) electrons. The van der Waals surface area contributed by atoms with Gasteiger partial charge < -0.3 is 28.8 Å². The van der Waals surface area contributed by atoms with Crippen LogP contribution in [0.1, 0.15) is 44.0 Å². The van der Waals surface area contributed by atoms with Gasteiger partial charge in [0.2, 0.25) is 0 Å². The lowest BCUT2D eigenvalue weighted by molar-refractivity contribution is 0.0690. The predicted molar refractivity (Wildman–Crippen MR) is 137 cm³/mol. The maximum Gasteiger partial charge on any atom is 0.345 e. The minimum atomic E-state index is -1.49. The Morgan fingerprint density at radius 1 is 1.11 bits per heavy atom. The third-order valence-electron chi connectivity index (χ3n) is 7.13. The van der Waals surface area contributed by atoms with Crippen molar-refractivity contribution < 1.29 is 29.3 Å². The van der Waals surface area contributed by atoms with Crippen LogP contribution in [0.25, 0.3) is 22.2 Å². The number of nitrogens with zero attached hydrogens (tertiary/aromatic N) is 2. The van der Waals surface area contributed by atoms with Gasteiger partial charge in [-0.25, -0.2) is 4.79 Å². The number of carboxylic acids is 1. The van der Waals surface area contributed by atoms with Gasteiger partial charge in [0, 0.05) is 40.7 Å². The number of hydrogen-bond acceptors (Lipinski definition) is 6. The molecule has 2 heterocycles. The fourth-order valence-electron chi connectivity index (χ4n) is 5.25. The number of aromatic hydroxyl groups is 1. The zero-order valence-electron chi connectivity index (χ0n) is 20.7. The number of hydrogen-bond donors (Lipinski definition) is 2. The molecule has 0 fully saturated rings. The Morgan fingerprint density at radius 3 is 2.57 bits per heavy atom. The van der Waals surface area contributed by atoms with Crippen molar-refractivity contribution in [2.75, 3.05) is 14.2 Å². The summed E-state index contributed by atoms with van der Waals surface area (Å²) >= 11 is 0. The van der Waals surface area contributed by atoms with E-state index in [9.17, 15) is 24.6 Å². The largest absolute Gasteiger partial charge is 0.506 e. The Morgan fingerprint density at radius 2 is 1.89 bits per heavy atom. The average Bonchev–Trinajstić information content (AvgIpc) is 3.07. The van der Waals surface area contributed by atoms with Crippen LogP contribution in [0.4, 0.5) is 0 Å². The molecule has 0 saturated heterocycles. The lowest BCUT2D eigenvalue weighted by Gasteiger charge is -2.21. The average molecular weight is 503 g/mol. The third-order valence-corrected chi connectivity index (χ3v) is 7.13. The normalized spacial score (nSPS) is 12.5. The summed E-state index contributed by atoms with van der Waals surface area (Å²) in [6.45, 7) is 0.0146. The van der Waals surface area contributed by atoms with E-state index in [1.54, 1.807) is 24.3 Å². The van der Waals surface area contributed by atoms with Crippen molar-refractivity contribution in [3.63, 3.8) is 0 Å². The van der Waals surface area contributed by atoms with E-state index in [0.717, 1.165) is 28.3 Å². The summed E-state index contributed by atoms with van der Waals surface area (Å²) < 4.78 is 14.0. The van der Waals surface area contributed by atoms with Gasteiger partial charge in [-0.05, 0) is 55.2 Å². The highest BCUT2D eigenvalue weighted by molar-refractivity contribution is 5.95. The number of pyridine rings is 1. The highest BCUT2D eigenvalue weighted by Gasteiger charge is 2.29. The first-order valence-electron chi connectivity index (χ1n) is 11.8. The maximum atomic E-state index is 13.6. The number of carbonyl (C=O) groups is 2. The molecule has 2 N–H and O–H groups in total. The van der Waals surface area contributed by atoms with Gasteiger partial charge in [-0.3, -0.25) is 9.59 Å². The number of aromatic nitrogens is 2. The molecule has 5 rings (SSSR count). The highest BCUT2D eigenvalue weighted by Crippen LogP contribution is 2.40. The Kier molecular flexibility index (Phi) is 5.99. The van der Waals surface area contributed by atoms with Gasteiger partial charge in [-0.15, -0.1) is 0 Å². The molecule has 0 spiro atoms. The minimum absolute atomic E-state index is 0.0146. The smallest absolute Gasteiger partial charge is 0.345 e. The van der Waals surface area contributed by atoms with Crippen molar-refractivity contribution in [1.29, 1.82) is 0 Å². The molecule has 9 heteroatoms. The van der Waals surface area contributed by atoms with Crippen molar-refractivity contribution in [3.05, 3.63) is 74.7 Å². The molecule has 0 unspecified atom stereocenters. The summed E-state index contributed by atoms with van der Waals surface area (Å²) in [5.74, 6) is -0.932. The second-order valence-corrected chi connectivity index (χ2v) is 9.09. The van der Waals surface area contributed by atoms with Crippen molar-refractivity contribution in [2.24, 2.45) is 7.05 Å². The van der Waals surface area contributed by atoms with Crippen LogP contribution in [-0.2, 0) is 26.4 Å². The number of ether oxygens (including phenoxy) is 2. The summed E-state index contributed by atoms with van der Waals surface area (Å²) in [6, 6.07) is 10.9. The molecule has 9 nitrogen and oxygen atoms in total. The van der Waals surface area contributed by atoms with E-state index < -0.39 is 22.8 Å². The quantitative estimate of drug-likeness (QED) is 0.385. The van der Waals surface area contributed by atoms with Gasteiger partial charge in [-0.2, -0.15) is 0 Å². The van der Waals surface area contributed by atoms with E-state index in [2.05, 4.69) is 0 Å². The van der Waals surface area contributed by atoms with Crippen LogP contribution in [-0.4, -0.2) is 45.8 Å². The summed E-state index contributed by atoms with van der Waals surface area (Å²) in [5.41, 5.74) is 3.12. The number of aromatic carboxylic acids is 1. The van der Waals surface area contributed by atoms with E-state index in [0.29, 0.717) is 53.3 Å². The lowest BCUT2D eigenvalue weighted by atomic mass is 9.97. The first-order chi connectivity index (χ1) is 17.8. The van der Waals surface area contributed by atoms with Gasteiger partial charge in [0.25, 0.3) is 5.56 Å². The summed E-state index contributed by atoms with van der Waals surface area (Å²) in [6.07, 6.45) is 2.48. The first kappa shape index (κ1) is 24.2. The van der Waals surface area contributed by atoms with Crippen LogP contribution < -0.4 is 15.0 Å². The topological polar surface area (TPSA) is 120 Å². The van der Waals surface area contributed by atoms with E-state index in [4.69, 9.17) is 9.47 Å². The Labute approximate surface area is 212 Å². The fraction of sp³-hybridized carbons (Fsp3) is 0.250. The van der Waals surface area contributed by atoms with Crippen LogP contribution in [0.15, 0.2) is 41.2 Å². The number of benzene rings is 2. The van der Waals surface area contributed by atoms with Crippen LogP contribution >= 0.6 is 0 Å². The summed E-state index contributed by atoms with van der Waals surface area (Å²) in [4.78, 5) is 37.2. The molecule has 1 aliphatic carbocycles. The fourth-order valence-corrected chi connectivity index (χ4v) is 5.25. The molecule has 37 heavy (non-hydrogen) atoms. The van der Waals surface area contributed by atoms with Gasteiger partial charge in [0.05, 0.1) is 32.2 Å². The number of carboxylic acid groups (broad SMARTS) is 1. The standard InChI is InChI=1S/C28H26N2O7/c1-29-18(14-31)9-17-10-21-15(11-22(17)29)5-4-6-20-25(21)30(27(33)24(26(20)32)28(34)35)13-16-7-8-19(36-2)12-23(16)37-3/h7-12,14,32H,4-6,13H2,1-3H3,(H,34,35). The molecule has 0 saturated carbocycles. The maximum absolute atomic E-state index is 13.6. The Bertz CT molecular complexity index is 1650. The molecule has 190 valence electrons. The zero-order valence-corrected chi connectivity index (χ0v) is 20.7. The lowest BCUT2D eigenvalue weighted by Crippen LogP contribution is -2.30. The molecule has 0 amide bonds.